The first-order valence-corrected chi connectivity index (χ1v) is 7.41. The summed E-state index contributed by atoms with van der Waals surface area (Å²) in [5.74, 6) is 0.652. The minimum Gasteiger partial charge on any atom is -0.378 e. The topological polar surface area (TPSA) is 21.3 Å². The van der Waals surface area contributed by atoms with Gasteiger partial charge in [-0.25, -0.2) is 0 Å². The molecule has 0 aromatic carbocycles. The van der Waals surface area contributed by atoms with Crippen LogP contribution in [-0.4, -0.2) is 19.3 Å². The number of thiophene rings is 1. The molecular weight excluding hydrogens is 310 g/mol. The van der Waals surface area contributed by atoms with Crippen LogP contribution < -0.4 is 5.32 Å². The fourth-order valence-electron chi connectivity index (χ4n) is 1.90. The van der Waals surface area contributed by atoms with Gasteiger partial charge in [-0.1, -0.05) is 11.6 Å². The Morgan fingerprint density at radius 1 is 1.69 bits per heavy atom. The molecule has 2 unspecified atom stereocenters. The molecule has 5 heteroatoms. The van der Waals surface area contributed by atoms with Crippen molar-refractivity contribution >= 4 is 38.9 Å². The lowest BCUT2D eigenvalue weighted by molar-refractivity contribution is 0.105. The smallest absolute Gasteiger partial charge is 0.107 e. The molecule has 2 atom stereocenters. The van der Waals surface area contributed by atoms with E-state index >= 15 is 0 Å². The summed E-state index contributed by atoms with van der Waals surface area (Å²) in [6.07, 6.45) is 1.56. The Morgan fingerprint density at radius 3 is 3.06 bits per heavy atom. The molecule has 1 aromatic heterocycles. The first-order valence-electron chi connectivity index (χ1n) is 5.43. The highest BCUT2D eigenvalue weighted by Gasteiger charge is 2.23. The highest BCUT2D eigenvalue weighted by atomic mass is 79.9. The third-order valence-electron chi connectivity index (χ3n) is 2.94. The fraction of sp³-hybridized carbons (Fsp3) is 0.636. The van der Waals surface area contributed by atoms with Gasteiger partial charge in [0, 0.05) is 29.0 Å². The van der Waals surface area contributed by atoms with Crippen LogP contribution in [0.15, 0.2) is 10.5 Å². The summed E-state index contributed by atoms with van der Waals surface area (Å²) in [6, 6.07) is 2.08. The summed E-state index contributed by atoms with van der Waals surface area (Å²) in [6.45, 7) is 4.97. The van der Waals surface area contributed by atoms with E-state index in [1.807, 2.05) is 0 Å². The van der Waals surface area contributed by atoms with E-state index in [1.165, 1.54) is 11.3 Å². The van der Waals surface area contributed by atoms with E-state index in [0.29, 0.717) is 12.0 Å². The largest absolute Gasteiger partial charge is 0.378 e. The lowest BCUT2D eigenvalue weighted by atomic mass is 10.0. The van der Waals surface area contributed by atoms with Crippen molar-refractivity contribution in [2.75, 3.05) is 13.2 Å². The molecule has 0 radical (unpaired) electrons. The zero-order valence-electron chi connectivity index (χ0n) is 9.13. The van der Waals surface area contributed by atoms with Crippen LogP contribution in [0.2, 0.25) is 4.34 Å². The molecule has 2 rings (SSSR count). The second-order valence-corrected chi connectivity index (χ2v) is 6.68. The maximum absolute atomic E-state index is 5.98. The van der Waals surface area contributed by atoms with Crippen LogP contribution in [-0.2, 0) is 11.3 Å². The van der Waals surface area contributed by atoms with E-state index in [2.05, 4.69) is 34.2 Å². The van der Waals surface area contributed by atoms with Crippen LogP contribution in [0.1, 0.15) is 18.2 Å². The molecule has 1 aliphatic heterocycles. The van der Waals surface area contributed by atoms with E-state index in [-0.39, 0.29) is 0 Å². The van der Waals surface area contributed by atoms with Gasteiger partial charge in [0.25, 0.3) is 0 Å². The molecule has 1 N–H and O–H groups in total. The van der Waals surface area contributed by atoms with Crippen LogP contribution in [0, 0.1) is 5.92 Å². The average molecular weight is 325 g/mol. The molecule has 0 saturated carbocycles. The molecule has 2 nitrogen and oxygen atoms in total. The quantitative estimate of drug-likeness (QED) is 0.912. The zero-order chi connectivity index (χ0) is 11.5. The summed E-state index contributed by atoms with van der Waals surface area (Å²) in [4.78, 5) is 1.27. The van der Waals surface area contributed by atoms with Crippen LogP contribution in [0.4, 0.5) is 0 Å². The lowest BCUT2D eigenvalue weighted by Gasteiger charge is -2.14. The Hall–Kier alpha value is 0.390. The van der Waals surface area contributed by atoms with Crippen molar-refractivity contribution in [2.24, 2.45) is 5.92 Å². The molecule has 16 heavy (non-hydrogen) atoms. The van der Waals surface area contributed by atoms with Gasteiger partial charge in [-0.3, -0.25) is 0 Å². The van der Waals surface area contributed by atoms with Crippen LogP contribution in [0.25, 0.3) is 0 Å². The maximum Gasteiger partial charge on any atom is 0.107 e. The molecular formula is C11H15BrClNOS. The summed E-state index contributed by atoms with van der Waals surface area (Å²) >= 11 is 11.0. The maximum atomic E-state index is 5.98. The second-order valence-electron chi connectivity index (χ2n) is 4.09. The molecule has 1 aromatic rings. The minimum absolute atomic E-state index is 0.395. The summed E-state index contributed by atoms with van der Waals surface area (Å²) in [5, 5.41) is 3.47. The van der Waals surface area contributed by atoms with Crippen molar-refractivity contribution in [1.29, 1.82) is 0 Å². The van der Waals surface area contributed by atoms with E-state index in [0.717, 1.165) is 28.5 Å². The van der Waals surface area contributed by atoms with Gasteiger partial charge in [-0.2, -0.15) is 0 Å². The molecule has 90 valence electrons. The van der Waals surface area contributed by atoms with Gasteiger partial charge >= 0.3 is 0 Å². The Morgan fingerprint density at radius 2 is 2.50 bits per heavy atom. The molecule has 0 amide bonds. The molecule has 0 spiro atoms. The third kappa shape index (κ3) is 3.20. The SMILES string of the molecule is CC1OCCC1CNCc1cc(Br)c(Cl)s1. The summed E-state index contributed by atoms with van der Waals surface area (Å²) < 4.78 is 7.35. The van der Waals surface area contributed by atoms with E-state index in [4.69, 9.17) is 16.3 Å². The molecule has 0 aliphatic carbocycles. The predicted octanol–water partition coefficient (Wildman–Crippen LogP) is 3.68. The molecule has 1 saturated heterocycles. The van der Waals surface area contributed by atoms with Crippen molar-refractivity contribution in [2.45, 2.75) is 26.0 Å². The van der Waals surface area contributed by atoms with Crippen LogP contribution in [0.3, 0.4) is 0 Å². The first kappa shape index (κ1) is 12.8. The van der Waals surface area contributed by atoms with Gasteiger partial charge in [0.05, 0.1) is 6.10 Å². The van der Waals surface area contributed by atoms with Crippen molar-refractivity contribution in [1.82, 2.24) is 5.32 Å². The summed E-state index contributed by atoms with van der Waals surface area (Å²) in [7, 11) is 0. The number of ether oxygens (including phenoxy) is 1. The van der Waals surface area contributed by atoms with E-state index < -0.39 is 0 Å². The fourth-order valence-corrected chi connectivity index (χ4v) is 3.66. The summed E-state index contributed by atoms with van der Waals surface area (Å²) in [5.41, 5.74) is 0. The standard InChI is InChI=1S/C11H15BrClNOS/c1-7-8(2-3-15-7)5-14-6-9-4-10(12)11(13)16-9/h4,7-8,14H,2-3,5-6H2,1H3. The van der Waals surface area contributed by atoms with Crippen molar-refractivity contribution in [3.63, 3.8) is 0 Å². The first-order chi connectivity index (χ1) is 7.66. The van der Waals surface area contributed by atoms with E-state index in [1.54, 1.807) is 11.3 Å². The number of hydrogen-bond donors (Lipinski definition) is 1. The third-order valence-corrected chi connectivity index (χ3v) is 5.41. The van der Waals surface area contributed by atoms with Gasteiger partial charge in [0.2, 0.25) is 0 Å². The Bertz CT molecular complexity index is 338. The van der Waals surface area contributed by atoms with Crippen LogP contribution in [0.5, 0.6) is 0 Å². The Labute approximate surface area is 113 Å². The minimum atomic E-state index is 0.395. The van der Waals surface area contributed by atoms with Gasteiger partial charge in [0.1, 0.15) is 4.34 Å². The van der Waals surface area contributed by atoms with Crippen molar-refractivity contribution in [3.05, 3.63) is 19.8 Å². The van der Waals surface area contributed by atoms with Crippen LogP contribution >= 0.6 is 38.9 Å². The van der Waals surface area contributed by atoms with E-state index in [9.17, 15) is 0 Å². The second kappa shape index (κ2) is 5.83. The molecule has 1 aliphatic rings. The van der Waals surface area contributed by atoms with Gasteiger partial charge in [0.15, 0.2) is 0 Å². The van der Waals surface area contributed by atoms with Gasteiger partial charge in [-0.05, 0) is 41.3 Å². The zero-order valence-corrected chi connectivity index (χ0v) is 12.3. The predicted molar refractivity (Wildman–Crippen MR) is 72.3 cm³/mol. The van der Waals surface area contributed by atoms with Gasteiger partial charge < -0.3 is 10.1 Å². The highest BCUT2D eigenvalue weighted by Crippen LogP contribution is 2.31. The Balaban J connectivity index is 1.75. The monoisotopic (exact) mass is 323 g/mol. The molecule has 0 bridgehead atoms. The number of halogens is 2. The number of rotatable bonds is 4. The van der Waals surface area contributed by atoms with Crippen molar-refractivity contribution in [3.8, 4) is 0 Å². The number of hydrogen-bond acceptors (Lipinski definition) is 3. The number of nitrogens with one attached hydrogen (secondary N) is 1. The van der Waals surface area contributed by atoms with Gasteiger partial charge in [-0.15, -0.1) is 11.3 Å². The molecule has 1 fully saturated rings. The van der Waals surface area contributed by atoms with Crippen molar-refractivity contribution < 1.29 is 4.74 Å². The Kier molecular flexibility index (Phi) is 4.67. The highest BCUT2D eigenvalue weighted by molar-refractivity contribution is 9.10. The lowest BCUT2D eigenvalue weighted by Crippen LogP contribution is -2.26. The average Bonchev–Trinajstić information content (AvgIpc) is 2.76. The normalized spacial score (nSPS) is 25.2. The molecule has 2 heterocycles.